The van der Waals surface area contributed by atoms with Gasteiger partial charge in [0.15, 0.2) is 0 Å². The maximum atomic E-state index is 11.6. The van der Waals surface area contributed by atoms with Gasteiger partial charge < -0.3 is 10.6 Å². The summed E-state index contributed by atoms with van der Waals surface area (Å²) in [5.41, 5.74) is 0. The van der Waals surface area contributed by atoms with Gasteiger partial charge in [-0.1, -0.05) is 0 Å². The zero-order valence-corrected chi connectivity index (χ0v) is 9.91. The monoisotopic (exact) mass is 242 g/mol. The standard InChI is InChI=1S/C7H16N2O4S.H2O/c1-4-9(5-2,6-3)14(12,13)8-7(10)11;/h8H,4-6H2,1-3H3;1H2. The zero-order valence-electron chi connectivity index (χ0n) is 9.10. The average molecular weight is 242 g/mol. The highest BCUT2D eigenvalue weighted by atomic mass is 32.2. The first-order valence-electron chi connectivity index (χ1n) is 4.47. The molecule has 0 spiro atoms. The molecular formula is C7H18N2O5S. The first-order valence-corrected chi connectivity index (χ1v) is 5.91. The molecule has 0 unspecified atom stereocenters. The fourth-order valence-corrected chi connectivity index (χ4v) is 2.82. The van der Waals surface area contributed by atoms with Crippen molar-refractivity contribution < 1.29 is 27.7 Å². The zero-order chi connectivity index (χ0) is 11.4. The molecule has 0 aromatic rings. The second-order valence-corrected chi connectivity index (χ2v) is 4.82. The van der Waals surface area contributed by atoms with Crippen LogP contribution in [0.3, 0.4) is 0 Å². The second kappa shape index (κ2) is 5.89. The molecule has 0 bridgehead atoms. The molecule has 0 radical (unpaired) electrons. The van der Waals surface area contributed by atoms with Gasteiger partial charge in [-0.05, 0) is 20.8 Å². The molecule has 0 rings (SSSR count). The Morgan fingerprint density at radius 3 is 1.73 bits per heavy atom. The molecule has 0 heterocycles. The van der Waals surface area contributed by atoms with E-state index in [1.54, 1.807) is 25.5 Å². The van der Waals surface area contributed by atoms with Crippen molar-refractivity contribution >= 4 is 16.3 Å². The number of nitrogens with one attached hydrogen (secondary N) is 1. The maximum Gasteiger partial charge on any atom is 0.422 e. The summed E-state index contributed by atoms with van der Waals surface area (Å²) < 4.78 is 24.6. The molecule has 7 nitrogen and oxygen atoms in total. The van der Waals surface area contributed by atoms with Crippen LogP contribution in [-0.4, -0.2) is 48.6 Å². The molecule has 0 atom stereocenters. The van der Waals surface area contributed by atoms with E-state index in [2.05, 4.69) is 0 Å². The van der Waals surface area contributed by atoms with E-state index in [0.29, 0.717) is 19.6 Å². The first-order chi connectivity index (χ1) is 6.35. The van der Waals surface area contributed by atoms with Crippen LogP contribution in [0.15, 0.2) is 0 Å². The molecule has 8 heteroatoms. The van der Waals surface area contributed by atoms with E-state index in [0.717, 1.165) is 0 Å². The fraction of sp³-hybridized carbons (Fsp3) is 0.857. The fourth-order valence-electron chi connectivity index (χ4n) is 1.39. The minimum absolute atomic E-state index is 0. The number of nitrogens with zero attached hydrogens (tertiary/aromatic N) is 1. The number of amides is 1. The Morgan fingerprint density at radius 2 is 1.53 bits per heavy atom. The van der Waals surface area contributed by atoms with E-state index in [1.165, 1.54) is 0 Å². The Bertz CT molecular complexity index is 288. The van der Waals surface area contributed by atoms with Gasteiger partial charge in [-0.2, -0.15) is 13.1 Å². The van der Waals surface area contributed by atoms with E-state index >= 15 is 0 Å². The van der Waals surface area contributed by atoms with Crippen LogP contribution in [0.1, 0.15) is 20.8 Å². The lowest BCUT2D eigenvalue weighted by atomic mass is 10.5. The highest BCUT2D eigenvalue weighted by molar-refractivity contribution is 7.84. The second-order valence-electron chi connectivity index (χ2n) is 2.89. The molecule has 0 aromatic heterocycles. The van der Waals surface area contributed by atoms with Gasteiger partial charge in [-0.25, -0.2) is 8.68 Å². The Labute approximate surface area is 89.8 Å². The number of carbonyl (C=O) groups is 1. The number of hydrogen-bond acceptors (Lipinski definition) is 4. The quantitative estimate of drug-likeness (QED) is 0.668. The molecule has 0 aromatic carbocycles. The summed E-state index contributed by atoms with van der Waals surface area (Å²) in [7, 11) is -3.85. The van der Waals surface area contributed by atoms with Crippen LogP contribution in [0.2, 0.25) is 0 Å². The van der Waals surface area contributed by atoms with Crippen molar-refractivity contribution in [2.75, 3.05) is 19.6 Å². The molecule has 0 aliphatic carbocycles. The Morgan fingerprint density at radius 1 is 1.20 bits per heavy atom. The third-order valence-corrected chi connectivity index (χ3v) is 4.68. The van der Waals surface area contributed by atoms with Crippen molar-refractivity contribution in [2.24, 2.45) is 0 Å². The normalized spacial score (nSPS) is 11.7. The number of rotatable bonds is 5. The molecule has 3 N–H and O–H groups in total. The summed E-state index contributed by atoms with van der Waals surface area (Å²) in [6.45, 7) is 6.18. The Hall–Kier alpha value is -0.860. The predicted octanol–water partition coefficient (Wildman–Crippen LogP) is 0.199. The first kappa shape index (κ1) is 16.6. The summed E-state index contributed by atoms with van der Waals surface area (Å²) in [6.07, 6.45) is -1.54. The van der Waals surface area contributed by atoms with E-state index in [1.807, 2.05) is 0 Å². The van der Waals surface area contributed by atoms with Crippen molar-refractivity contribution in [3.05, 3.63) is 0 Å². The summed E-state index contributed by atoms with van der Waals surface area (Å²) >= 11 is 0. The van der Waals surface area contributed by atoms with Crippen LogP contribution < -0.4 is 4.72 Å². The molecule has 92 valence electrons. The van der Waals surface area contributed by atoms with E-state index in [-0.39, 0.29) is 9.36 Å². The van der Waals surface area contributed by atoms with Crippen LogP contribution >= 0.6 is 0 Å². The summed E-state index contributed by atoms with van der Waals surface area (Å²) in [6, 6.07) is 0. The van der Waals surface area contributed by atoms with E-state index in [9.17, 15) is 13.2 Å². The SMILES string of the molecule is CC[N+](CC)(CC)S(=O)(=O)NC(=O)O.[OH-]. The lowest BCUT2D eigenvalue weighted by molar-refractivity contribution is -0.801. The van der Waals surface area contributed by atoms with Crippen LogP contribution in [0.5, 0.6) is 0 Å². The van der Waals surface area contributed by atoms with Gasteiger partial charge in [-0.3, -0.25) is 0 Å². The third kappa shape index (κ3) is 3.33. The van der Waals surface area contributed by atoms with E-state index < -0.39 is 16.3 Å². The van der Waals surface area contributed by atoms with Crippen LogP contribution in [0.25, 0.3) is 0 Å². The van der Waals surface area contributed by atoms with Crippen molar-refractivity contribution in [2.45, 2.75) is 20.8 Å². The number of hydrogen-bond donors (Lipinski definition) is 2. The van der Waals surface area contributed by atoms with Gasteiger partial charge >= 0.3 is 16.3 Å². The minimum atomic E-state index is -3.85. The van der Waals surface area contributed by atoms with E-state index in [4.69, 9.17) is 5.11 Å². The van der Waals surface area contributed by atoms with Crippen molar-refractivity contribution in [3.8, 4) is 0 Å². The molecule has 1 amide bonds. The van der Waals surface area contributed by atoms with Crippen molar-refractivity contribution in [1.82, 2.24) is 4.72 Å². The molecular weight excluding hydrogens is 224 g/mol. The Balaban J connectivity index is 0. The van der Waals surface area contributed by atoms with Gasteiger partial charge in [0.1, 0.15) is 0 Å². The van der Waals surface area contributed by atoms with Crippen LogP contribution in [0.4, 0.5) is 4.79 Å². The summed E-state index contributed by atoms with van der Waals surface area (Å²) in [5, 5.41) is 8.40. The number of quaternary nitrogens is 1. The minimum Gasteiger partial charge on any atom is -0.870 e. The van der Waals surface area contributed by atoms with Crippen molar-refractivity contribution in [1.29, 1.82) is 0 Å². The lowest BCUT2D eigenvalue weighted by Gasteiger charge is -2.32. The predicted molar refractivity (Wildman–Crippen MR) is 53.9 cm³/mol. The highest BCUT2D eigenvalue weighted by Crippen LogP contribution is 2.12. The molecule has 15 heavy (non-hydrogen) atoms. The van der Waals surface area contributed by atoms with Gasteiger partial charge in [0.2, 0.25) is 0 Å². The topological polar surface area (TPSA) is 113 Å². The third-order valence-electron chi connectivity index (χ3n) is 2.46. The van der Waals surface area contributed by atoms with Gasteiger partial charge in [0.25, 0.3) is 0 Å². The van der Waals surface area contributed by atoms with Gasteiger partial charge in [0.05, 0.1) is 19.6 Å². The molecule has 0 saturated heterocycles. The number of carboxylic acid groups (broad SMARTS) is 1. The largest absolute Gasteiger partial charge is 0.870 e. The summed E-state index contributed by atoms with van der Waals surface area (Å²) in [5.74, 6) is 0. The van der Waals surface area contributed by atoms with Gasteiger partial charge in [-0.15, -0.1) is 0 Å². The molecule has 0 aliphatic rings. The molecule has 0 fully saturated rings. The average Bonchev–Trinajstić information content (AvgIpc) is 2.05. The van der Waals surface area contributed by atoms with Crippen LogP contribution in [-0.2, 0) is 10.2 Å². The lowest BCUT2D eigenvalue weighted by Crippen LogP contribution is -2.58. The van der Waals surface area contributed by atoms with Crippen LogP contribution in [0, 0.1) is 0 Å². The van der Waals surface area contributed by atoms with Gasteiger partial charge in [0, 0.05) is 0 Å². The molecule has 0 saturated carbocycles. The van der Waals surface area contributed by atoms with Crippen molar-refractivity contribution in [3.63, 3.8) is 0 Å². The molecule has 0 aliphatic heterocycles. The highest BCUT2D eigenvalue weighted by Gasteiger charge is 2.38. The Kier molecular flexibility index (Phi) is 6.50. The summed E-state index contributed by atoms with van der Waals surface area (Å²) in [4.78, 5) is 10.3. The maximum absolute atomic E-state index is 11.6. The smallest absolute Gasteiger partial charge is 0.422 e.